The Labute approximate surface area is 105 Å². The van der Waals surface area contributed by atoms with Gasteiger partial charge >= 0.3 is 59.1 Å². The first-order chi connectivity index (χ1) is 2.83. The Morgan fingerprint density at radius 1 is 0.625 bits per heavy atom. The molecule has 4 nitrogen and oxygen atoms in total. The molecule has 0 aliphatic rings. The normalized spacial score (nSPS) is 4.50. The van der Waals surface area contributed by atoms with Gasteiger partial charge in [0, 0.05) is 0 Å². The van der Waals surface area contributed by atoms with E-state index in [-0.39, 0.29) is 59.1 Å². The summed E-state index contributed by atoms with van der Waals surface area (Å²) in [5.41, 5.74) is 0. The van der Waals surface area contributed by atoms with Crippen LogP contribution in [0.25, 0.3) is 0 Å². The van der Waals surface area contributed by atoms with Crippen molar-refractivity contribution in [3.05, 3.63) is 0 Å². The van der Waals surface area contributed by atoms with E-state index in [1.807, 2.05) is 0 Å². The molecular weight excluding hydrogens is 270 g/mol. The third-order valence-corrected chi connectivity index (χ3v) is 0. The van der Waals surface area contributed by atoms with Crippen molar-refractivity contribution in [3.63, 3.8) is 0 Å². The van der Waals surface area contributed by atoms with Crippen LogP contribution in [0.4, 0.5) is 0 Å². The van der Waals surface area contributed by atoms with Crippen LogP contribution in [0.5, 0.6) is 0 Å². The molecule has 0 bridgehead atoms. The summed E-state index contributed by atoms with van der Waals surface area (Å²) in [4.78, 5) is 0. The molecule has 0 aromatic rings. The molecule has 0 unspecified atom stereocenters. The Bertz CT molecular complexity index is 14.0. The molecule has 0 fully saturated rings. The van der Waals surface area contributed by atoms with Gasteiger partial charge in [-0.1, -0.05) is 0 Å². The summed E-state index contributed by atoms with van der Waals surface area (Å²) >= 11 is -2.88. The number of halogens is 2. The van der Waals surface area contributed by atoms with Crippen LogP contribution in [-0.4, -0.2) is 0 Å². The summed E-state index contributed by atoms with van der Waals surface area (Å²) in [5, 5.41) is 0. The smallest absolute Gasteiger partial charge is 0.585 e. The van der Waals surface area contributed by atoms with Crippen LogP contribution >= 0.6 is 0 Å². The predicted molar refractivity (Wildman–Crippen MR) is 0 cm³/mol. The van der Waals surface area contributed by atoms with Gasteiger partial charge in [0.25, 0.3) is 0 Å². The molecule has 0 rings (SSSR count). The molecule has 0 spiro atoms. The fourth-order valence-electron chi connectivity index (χ4n) is 0. The first-order valence-corrected chi connectivity index (χ1v) is 3.21. The van der Waals surface area contributed by atoms with Crippen LogP contribution in [0.15, 0.2) is 0 Å². The van der Waals surface area contributed by atoms with Crippen LogP contribution in [0.3, 0.4) is 0 Å². The van der Waals surface area contributed by atoms with Gasteiger partial charge in [-0.05, 0) is 0 Å². The molecule has 0 aliphatic heterocycles. The maximum atomic E-state index is 8.41. The molecule has 0 saturated heterocycles. The zero-order chi connectivity index (χ0) is 5.41. The van der Waals surface area contributed by atoms with Crippen molar-refractivity contribution in [2.24, 2.45) is 0 Å². The van der Waals surface area contributed by atoms with Gasteiger partial charge in [-0.15, -0.1) is 0 Å². The second-order valence-corrected chi connectivity index (χ2v) is 0.655. The minimum absolute atomic E-state index is 0. The van der Waals surface area contributed by atoms with E-state index in [9.17, 15) is 0 Å². The molecule has 8 heavy (non-hydrogen) atoms. The third-order valence-electron chi connectivity index (χ3n) is 0. The van der Waals surface area contributed by atoms with Crippen LogP contribution in [0, 0.1) is 31.1 Å². The van der Waals surface area contributed by atoms with Gasteiger partial charge in [0.2, 0.25) is 0 Å². The molecule has 0 heterocycles. The molecule has 40 valence electrons. The van der Waals surface area contributed by atoms with Gasteiger partial charge in [0.1, 0.15) is 0 Å². The number of rotatable bonds is 0. The fraction of sp³-hybridized carbons (Fsp3) is 0. The Kier molecular flexibility index (Phi) is 92.4. The molecule has 0 atom stereocenters. The maximum absolute atomic E-state index is 8.41. The summed E-state index contributed by atoms with van der Waals surface area (Å²) < 4.78 is 33.6. The standard InChI is InChI=1S/2BrO2.2Na/c2*2-1-3;;/q2*-1;2*+1. The molecule has 8 heteroatoms. The molecule has 0 aromatic heterocycles. The minimum atomic E-state index is -1.44. The average Bonchev–Trinajstić information content (AvgIpc) is 1.39. The minimum Gasteiger partial charge on any atom is -0.585 e. The van der Waals surface area contributed by atoms with Crippen molar-refractivity contribution in [1.29, 1.82) is 0 Å². The summed E-state index contributed by atoms with van der Waals surface area (Å²) in [6.07, 6.45) is 0. The molecule has 0 N–H and O–H groups in total. The fourth-order valence-corrected chi connectivity index (χ4v) is 0. The Morgan fingerprint density at radius 3 is 0.625 bits per heavy atom. The van der Waals surface area contributed by atoms with E-state index in [1.165, 1.54) is 0 Å². The van der Waals surface area contributed by atoms with Crippen molar-refractivity contribution in [2.75, 3.05) is 0 Å². The SMILES string of the molecule is [Na+].[Na+].[O-][Br+][O-].[O-][Br+][O-]. The second-order valence-electron chi connectivity index (χ2n) is 0.126. The molecular formula is Br2Na2O4. The third kappa shape index (κ3) is 68.3. The largest absolute Gasteiger partial charge is 1.00 e. The van der Waals surface area contributed by atoms with E-state index in [4.69, 9.17) is 16.8 Å². The first-order valence-electron chi connectivity index (χ1n) is 0.617. The van der Waals surface area contributed by atoms with Crippen LogP contribution < -0.4 is 75.9 Å². The molecule has 0 radical (unpaired) electrons. The maximum Gasteiger partial charge on any atom is 1.00 e. The monoisotopic (exact) mass is 268 g/mol. The van der Waals surface area contributed by atoms with Crippen molar-refractivity contribution in [2.45, 2.75) is 0 Å². The van der Waals surface area contributed by atoms with Gasteiger partial charge in [0.15, 0.2) is 31.1 Å². The summed E-state index contributed by atoms with van der Waals surface area (Å²) in [5.74, 6) is 0. The van der Waals surface area contributed by atoms with Gasteiger partial charge < -0.3 is 16.8 Å². The van der Waals surface area contributed by atoms with E-state index >= 15 is 0 Å². The van der Waals surface area contributed by atoms with E-state index in [0.717, 1.165) is 0 Å². The Balaban J connectivity index is -0.0000000160. The van der Waals surface area contributed by atoms with Gasteiger partial charge in [-0.3, -0.25) is 0 Å². The predicted octanol–water partition coefficient (Wildman–Crippen LogP) is -10.7. The average molecular weight is 270 g/mol. The molecule has 0 aromatic carbocycles. The van der Waals surface area contributed by atoms with Crippen molar-refractivity contribution < 1.29 is 107 Å². The van der Waals surface area contributed by atoms with Gasteiger partial charge in [0.05, 0.1) is 0 Å². The van der Waals surface area contributed by atoms with Crippen molar-refractivity contribution >= 4 is 0 Å². The van der Waals surface area contributed by atoms with Gasteiger partial charge in [-0.25, -0.2) is 0 Å². The summed E-state index contributed by atoms with van der Waals surface area (Å²) in [6.45, 7) is 0. The van der Waals surface area contributed by atoms with Gasteiger partial charge in [-0.2, -0.15) is 0 Å². The number of hydrogen-bond donors (Lipinski definition) is 0. The van der Waals surface area contributed by atoms with E-state index in [1.54, 1.807) is 0 Å². The van der Waals surface area contributed by atoms with Crippen molar-refractivity contribution in [1.82, 2.24) is 0 Å². The summed E-state index contributed by atoms with van der Waals surface area (Å²) in [6, 6.07) is 0. The first kappa shape index (κ1) is 22.4. The second kappa shape index (κ2) is 32.9. The summed E-state index contributed by atoms with van der Waals surface area (Å²) in [7, 11) is 0. The Morgan fingerprint density at radius 2 is 0.625 bits per heavy atom. The van der Waals surface area contributed by atoms with E-state index in [2.05, 4.69) is 0 Å². The van der Waals surface area contributed by atoms with E-state index < -0.39 is 31.1 Å². The zero-order valence-corrected chi connectivity index (χ0v) is 11.6. The van der Waals surface area contributed by atoms with Crippen LogP contribution in [0.1, 0.15) is 0 Å². The van der Waals surface area contributed by atoms with Crippen LogP contribution in [0.2, 0.25) is 0 Å². The Hall–Kier alpha value is 2.80. The number of hydrogen-bond acceptors (Lipinski definition) is 4. The molecule has 0 saturated carbocycles. The van der Waals surface area contributed by atoms with Crippen LogP contribution in [-0.2, 0) is 0 Å². The zero-order valence-electron chi connectivity index (χ0n) is 4.39. The molecule has 0 amide bonds. The topological polar surface area (TPSA) is 92.2 Å². The molecule has 0 aliphatic carbocycles. The van der Waals surface area contributed by atoms with Crippen molar-refractivity contribution in [3.8, 4) is 0 Å². The quantitative estimate of drug-likeness (QED) is 0.408. The van der Waals surface area contributed by atoms with E-state index in [0.29, 0.717) is 0 Å².